The van der Waals surface area contributed by atoms with Gasteiger partial charge in [-0.1, -0.05) is 36.4 Å². The summed E-state index contributed by atoms with van der Waals surface area (Å²) in [5, 5.41) is 2.23. The number of urea groups is 1. The van der Waals surface area contributed by atoms with E-state index >= 15 is 0 Å². The van der Waals surface area contributed by atoms with E-state index < -0.39 is 17.8 Å². The largest absolute Gasteiger partial charge is 0.493 e. The molecule has 0 aromatic heterocycles. The summed E-state index contributed by atoms with van der Waals surface area (Å²) in [5.41, 5.74) is 3.34. The molecule has 4 rings (SSSR count). The van der Waals surface area contributed by atoms with Crippen LogP contribution in [0.4, 0.5) is 4.79 Å². The normalized spacial score (nSPS) is 14.3. The van der Waals surface area contributed by atoms with Crippen LogP contribution in [0.15, 0.2) is 66.2 Å². The van der Waals surface area contributed by atoms with Gasteiger partial charge in [0.05, 0.1) is 20.8 Å². The zero-order valence-corrected chi connectivity index (χ0v) is 22.3. The van der Waals surface area contributed by atoms with Crippen molar-refractivity contribution in [2.45, 2.75) is 20.4 Å². The van der Waals surface area contributed by atoms with E-state index in [2.05, 4.69) is 5.32 Å². The van der Waals surface area contributed by atoms with Gasteiger partial charge in [-0.3, -0.25) is 19.8 Å². The highest BCUT2D eigenvalue weighted by atomic mass is 16.6. The standard InChI is InChI=1S/C30H30N2O7/c1-19-10-11-23(14-20(19)2)38-12-13-39-27-25(36-3)16-22(17-26(27)37-4)15-24-28(33)31-30(35)32(29(24)34)18-21-8-6-5-7-9-21/h5-11,14-17H,12-13,18H2,1-4H3,(H,31,33,35)/b24-15-. The summed E-state index contributed by atoms with van der Waals surface area (Å²) in [4.78, 5) is 39.1. The summed E-state index contributed by atoms with van der Waals surface area (Å²) < 4.78 is 22.7. The van der Waals surface area contributed by atoms with Crippen LogP contribution in [-0.2, 0) is 16.1 Å². The van der Waals surface area contributed by atoms with E-state index in [1.165, 1.54) is 25.9 Å². The first kappa shape index (κ1) is 27.3. The Labute approximate surface area is 226 Å². The van der Waals surface area contributed by atoms with Crippen LogP contribution in [0.1, 0.15) is 22.3 Å². The molecule has 202 valence electrons. The molecule has 1 aliphatic rings. The van der Waals surface area contributed by atoms with Gasteiger partial charge in [0.2, 0.25) is 5.75 Å². The summed E-state index contributed by atoms with van der Waals surface area (Å²) in [7, 11) is 2.95. The molecule has 1 aliphatic heterocycles. The molecule has 1 saturated heterocycles. The van der Waals surface area contributed by atoms with E-state index in [9.17, 15) is 14.4 Å². The number of nitrogens with one attached hydrogen (secondary N) is 1. The molecular formula is C30H30N2O7. The van der Waals surface area contributed by atoms with Gasteiger partial charge in [0.1, 0.15) is 24.5 Å². The predicted octanol–water partition coefficient (Wildman–Crippen LogP) is 4.44. The van der Waals surface area contributed by atoms with Gasteiger partial charge >= 0.3 is 6.03 Å². The smallest absolute Gasteiger partial charge is 0.331 e. The Bertz CT molecular complexity index is 1390. The SMILES string of the molecule is COc1cc(/C=C2/C(=O)NC(=O)N(Cc3ccccc3)C2=O)cc(OC)c1OCCOc1ccc(C)c(C)c1. The Hall–Kier alpha value is -4.79. The number of ether oxygens (including phenoxy) is 4. The van der Waals surface area contributed by atoms with Gasteiger partial charge in [-0.2, -0.15) is 0 Å². The van der Waals surface area contributed by atoms with Crippen LogP contribution in [0, 0.1) is 13.8 Å². The molecule has 39 heavy (non-hydrogen) atoms. The van der Waals surface area contributed by atoms with Crippen LogP contribution in [0.5, 0.6) is 23.0 Å². The maximum atomic E-state index is 13.1. The molecule has 0 spiro atoms. The van der Waals surface area contributed by atoms with Crippen LogP contribution < -0.4 is 24.3 Å². The second-order valence-corrected chi connectivity index (χ2v) is 8.89. The monoisotopic (exact) mass is 530 g/mol. The zero-order chi connectivity index (χ0) is 27.9. The van der Waals surface area contributed by atoms with Crippen molar-refractivity contribution in [3.05, 3.63) is 88.5 Å². The van der Waals surface area contributed by atoms with Gasteiger partial charge in [0.25, 0.3) is 11.8 Å². The van der Waals surface area contributed by atoms with Gasteiger partial charge in [0.15, 0.2) is 11.5 Å². The third-order valence-electron chi connectivity index (χ3n) is 6.24. The summed E-state index contributed by atoms with van der Waals surface area (Å²) in [6.45, 7) is 4.60. The highest BCUT2D eigenvalue weighted by molar-refractivity contribution is 6.31. The summed E-state index contributed by atoms with van der Waals surface area (Å²) in [6, 6.07) is 17.4. The minimum absolute atomic E-state index is 0.0276. The lowest BCUT2D eigenvalue weighted by Crippen LogP contribution is -2.53. The highest BCUT2D eigenvalue weighted by Gasteiger charge is 2.35. The molecule has 0 bridgehead atoms. The van der Waals surface area contributed by atoms with E-state index in [1.807, 2.05) is 38.1 Å². The van der Waals surface area contributed by atoms with Gasteiger partial charge in [-0.25, -0.2) is 4.79 Å². The van der Waals surface area contributed by atoms with Crippen LogP contribution >= 0.6 is 0 Å². The van der Waals surface area contributed by atoms with Gasteiger partial charge in [0, 0.05) is 0 Å². The molecule has 0 unspecified atom stereocenters. The molecule has 1 heterocycles. The number of amides is 4. The van der Waals surface area contributed by atoms with Crippen molar-refractivity contribution in [3.63, 3.8) is 0 Å². The molecule has 9 heteroatoms. The molecule has 9 nitrogen and oxygen atoms in total. The fourth-order valence-corrected chi connectivity index (χ4v) is 4.00. The number of barbiturate groups is 1. The van der Waals surface area contributed by atoms with Crippen LogP contribution in [0.3, 0.4) is 0 Å². The molecule has 3 aromatic carbocycles. The topological polar surface area (TPSA) is 103 Å². The Kier molecular flexibility index (Phi) is 8.50. The second-order valence-electron chi connectivity index (χ2n) is 8.89. The quantitative estimate of drug-likeness (QED) is 0.235. The number of hydrogen-bond donors (Lipinski definition) is 1. The van der Waals surface area contributed by atoms with Crippen molar-refractivity contribution in [1.82, 2.24) is 10.2 Å². The van der Waals surface area contributed by atoms with Gasteiger partial charge in [-0.05, 0) is 66.4 Å². The number of benzene rings is 3. The molecule has 3 aromatic rings. The number of nitrogens with zero attached hydrogens (tertiary/aromatic N) is 1. The first-order chi connectivity index (χ1) is 18.8. The molecule has 0 atom stereocenters. The number of aryl methyl sites for hydroxylation is 2. The molecule has 0 saturated carbocycles. The van der Waals surface area contributed by atoms with Crippen molar-refractivity contribution >= 4 is 23.9 Å². The summed E-state index contributed by atoms with van der Waals surface area (Å²) >= 11 is 0. The fourth-order valence-electron chi connectivity index (χ4n) is 4.00. The number of rotatable bonds is 10. The first-order valence-corrected chi connectivity index (χ1v) is 12.3. The lowest BCUT2D eigenvalue weighted by atomic mass is 10.1. The van der Waals surface area contributed by atoms with Crippen LogP contribution in [0.25, 0.3) is 6.08 Å². The Morgan fingerprint density at radius 2 is 1.49 bits per heavy atom. The lowest BCUT2D eigenvalue weighted by molar-refractivity contribution is -0.130. The van der Waals surface area contributed by atoms with E-state index in [0.29, 0.717) is 29.4 Å². The Morgan fingerprint density at radius 3 is 2.13 bits per heavy atom. The fraction of sp³-hybridized carbons (Fsp3) is 0.233. The van der Waals surface area contributed by atoms with Crippen molar-refractivity contribution in [1.29, 1.82) is 0 Å². The molecule has 4 amide bonds. The lowest BCUT2D eigenvalue weighted by Gasteiger charge is -2.26. The number of methoxy groups -OCH3 is 2. The molecule has 0 radical (unpaired) electrons. The van der Waals surface area contributed by atoms with Crippen LogP contribution in [-0.4, -0.2) is 50.2 Å². The van der Waals surface area contributed by atoms with Crippen molar-refractivity contribution < 1.29 is 33.3 Å². The van der Waals surface area contributed by atoms with E-state index in [-0.39, 0.29) is 18.7 Å². The van der Waals surface area contributed by atoms with Crippen LogP contribution in [0.2, 0.25) is 0 Å². The van der Waals surface area contributed by atoms with E-state index in [4.69, 9.17) is 18.9 Å². The average Bonchev–Trinajstić information content (AvgIpc) is 2.93. The molecule has 0 aliphatic carbocycles. The number of carbonyl (C=O) groups is 3. The maximum Gasteiger partial charge on any atom is 0.331 e. The average molecular weight is 531 g/mol. The first-order valence-electron chi connectivity index (χ1n) is 12.3. The third kappa shape index (κ3) is 6.38. The predicted molar refractivity (Wildman–Crippen MR) is 145 cm³/mol. The number of imide groups is 2. The minimum atomic E-state index is -0.781. The maximum absolute atomic E-state index is 13.1. The molecule has 1 N–H and O–H groups in total. The zero-order valence-electron chi connectivity index (χ0n) is 22.3. The number of hydrogen-bond acceptors (Lipinski definition) is 7. The van der Waals surface area contributed by atoms with Gasteiger partial charge < -0.3 is 18.9 Å². The second kappa shape index (κ2) is 12.2. The molecular weight excluding hydrogens is 500 g/mol. The van der Waals surface area contributed by atoms with Crippen molar-refractivity contribution in [2.24, 2.45) is 0 Å². The van der Waals surface area contributed by atoms with E-state index in [0.717, 1.165) is 21.8 Å². The minimum Gasteiger partial charge on any atom is -0.493 e. The molecule has 1 fully saturated rings. The third-order valence-corrected chi connectivity index (χ3v) is 6.24. The van der Waals surface area contributed by atoms with Crippen molar-refractivity contribution in [2.75, 3.05) is 27.4 Å². The number of carbonyl (C=O) groups excluding carboxylic acids is 3. The van der Waals surface area contributed by atoms with Gasteiger partial charge in [-0.15, -0.1) is 0 Å². The highest BCUT2D eigenvalue weighted by Crippen LogP contribution is 2.39. The summed E-state index contributed by atoms with van der Waals surface area (Å²) in [6.07, 6.45) is 1.39. The summed E-state index contributed by atoms with van der Waals surface area (Å²) in [5.74, 6) is 0.302. The Balaban J connectivity index is 1.52. The van der Waals surface area contributed by atoms with Crippen molar-refractivity contribution in [3.8, 4) is 23.0 Å². The Morgan fingerprint density at radius 1 is 0.821 bits per heavy atom. The van der Waals surface area contributed by atoms with E-state index in [1.54, 1.807) is 36.4 Å².